The first-order valence-electron chi connectivity index (χ1n) is 4.37. The third-order valence-corrected chi connectivity index (χ3v) is 2.57. The summed E-state index contributed by atoms with van der Waals surface area (Å²) >= 11 is 5.83. The average molecular weight is 212 g/mol. The number of carbonyl (C=O) groups excluding carboxylic acids is 1. The number of benzene rings is 1. The van der Waals surface area contributed by atoms with E-state index in [9.17, 15) is 4.79 Å². The number of nitrogens with two attached hydrogens (primary N) is 1. The third-order valence-electron chi connectivity index (χ3n) is 2.33. The van der Waals surface area contributed by atoms with E-state index in [1.165, 1.54) is 0 Å². The van der Waals surface area contributed by atoms with Crippen molar-refractivity contribution in [1.29, 1.82) is 0 Å². The second-order valence-electron chi connectivity index (χ2n) is 3.37. The van der Waals surface area contributed by atoms with Crippen LogP contribution in [0.3, 0.4) is 0 Å². The molecule has 74 valence electrons. The number of primary amides is 1. The van der Waals surface area contributed by atoms with Crippen LogP contribution in [-0.2, 0) is 11.2 Å². The van der Waals surface area contributed by atoms with Crippen LogP contribution in [0.15, 0.2) is 18.2 Å². The number of ether oxygens (including phenoxy) is 1. The van der Waals surface area contributed by atoms with Crippen molar-refractivity contribution < 1.29 is 9.53 Å². The zero-order chi connectivity index (χ0) is 10.1. The molecule has 0 saturated heterocycles. The van der Waals surface area contributed by atoms with Crippen LogP contribution in [0.5, 0.6) is 5.75 Å². The van der Waals surface area contributed by atoms with Crippen LogP contribution in [0.1, 0.15) is 5.56 Å². The van der Waals surface area contributed by atoms with Crippen LogP contribution in [0.4, 0.5) is 0 Å². The Morgan fingerprint density at radius 1 is 1.57 bits per heavy atom. The maximum Gasteiger partial charge on any atom is 0.224 e. The molecule has 0 fully saturated rings. The van der Waals surface area contributed by atoms with Gasteiger partial charge in [0.25, 0.3) is 0 Å². The summed E-state index contributed by atoms with van der Waals surface area (Å²) in [5, 5.41) is 0.650. The predicted molar refractivity (Wildman–Crippen MR) is 53.3 cm³/mol. The first-order valence-corrected chi connectivity index (χ1v) is 4.75. The maximum atomic E-state index is 11.0. The largest absolute Gasteiger partial charge is 0.492 e. The summed E-state index contributed by atoms with van der Waals surface area (Å²) < 4.78 is 5.39. The number of halogens is 1. The molecule has 1 heterocycles. The molecule has 0 aliphatic carbocycles. The van der Waals surface area contributed by atoms with Gasteiger partial charge >= 0.3 is 0 Å². The standard InChI is InChI=1S/C10H10ClNO2/c11-8-1-2-9-6(4-8)3-7(5-14-9)10(12)13/h1-2,4,7H,3,5H2,(H2,12,13). The van der Waals surface area contributed by atoms with Crippen LogP contribution in [0.25, 0.3) is 0 Å². The molecule has 0 bridgehead atoms. The van der Waals surface area contributed by atoms with Gasteiger partial charge in [-0.3, -0.25) is 4.79 Å². The van der Waals surface area contributed by atoms with Crippen LogP contribution >= 0.6 is 11.6 Å². The molecule has 2 rings (SSSR count). The van der Waals surface area contributed by atoms with Crippen LogP contribution in [0, 0.1) is 5.92 Å². The molecule has 1 aliphatic rings. The Morgan fingerprint density at radius 2 is 2.36 bits per heavy atom. The number of amides is 1. The Kier molecular flexibility index (Phi) is 2.33. The van der Waals surface area contributed by atoms with Gasteiger partial charge in [0.05, 0.1) is 5.92 Å². The molecule has 0 radical (unpaired) electrons. The van der Waals surface area contributed by atoms with E-state index in [0.717, 1.165) is 11.3 Å². The molecule has 1 atom stereocenters. The lowest BCUT2D eigenvalue weighted by molar-refractivity contribution is -0.123. The zero-order valence-electron chi connectivity index (χ0n) is 7.50. The molecule has 1 aliphatic heterocycles. The first-order chi connectivity index (χ1) is 6.66. The molecule has 1 aromatic carbocycles. The molecule has 0 aromatic heterocycles. The number of fused-ring (bicyclic) bond motifs is 1. The zero-order valence-corrected chi connectivity index (χ0v) is 8.25. The molecule has 0 saturated carbocycles. The Hall–Kier alpha value is -1.22. The van der Waals surface area contributed by atoms with Gasteiger partial charge in [0, 0.05) is 5.02 Å². The van der Waals surface area contributed by atoms with Crippen molar-refractivity contribution in [1.82, 2.24) is 0 Å². The van der Waals surface area contributed by atoms with Crippen LogP contribution in [-0.4, -0.2) is 12.5 Å². The van der Waals surface area contributed by atoms with Crippen molar-refractivity contribution in [3.8, 4) is 5.75 Å². The van der Waals surface area contributed by atoms with E-state index in [4.69, 9.17) is 22.1 Å². The second kappa shape index (κ2) is 3.50. The van der Waals surface area contributed by atoms with E-state index in [1.54, 1.807) is 6.07 Å². The highest BCUT2D eigenvalue weighted by Crippen LogP contribution is 2.29. The quantitative estimate of drug-likeness (QED) is 0.763. The van der Waals surface area contributed by atoms with Gasteiger partial charge < -0.3 is 10.5 Å². The molecule has 14 heavy (non-hydrogen) atoms. The molecule has 1 amide bonds. The van der Waals surface area contributed by atoms with E-state index in [2.05, 4.69) is 0 Å². The lowest BCUT2D eigenvalue weighted by atomic mass is 9.96. The molecule has 1 unspecified atom stereocenters. The van der Waals surface area contributed by atoms with Crippen molar-refractivity contribution in [2.24, 2.45) is 11.7 Å². The Balaban J connectivity index is 2.29. The average Bonchev–Trinajstić information content (AvgIpc) is 2.16. The van der Waals surface area contributed by atoms with Crippen molar-refractivity contribution in [2.45, 2.75) is 6.42 Å². The SMILES string of the molecule is NC(=O)C1COc2ccc(Cl)cc2C1. The monoisotopic (exact) mass is 211 g/mol. The lowest BCUT2D eigenvalue weighted by Gasteiger charge is -2.23. The maximum absolute atomic E-state index is 11.0. The second-order valence-corrected chi connectivity index (χ2v) is 3.80. The number of rotatable bonds is 1. The summed E-state index contributed by atoms with van der Waals surface area (Å²) in [4.78, 5) is 11.0. The Labute approximate surface area is 86.8 Å². The van der Waals surface area contributed by atoms with Crippen molar-refractivity contribution in [2.75, 3.05) is 6.61 Å². The normalized spacial score (nSPS) is 19.6. The lowest BCUT2D eigenvalue weighted by Crippen LogP contribution is -2.33. The highest BCUT2D eigenvalue weighted by atomic mass is 35.5. The van der Waals surface area contributed by atoms with Gasteiger partial charge in [-0.25, -0.2) is 0 Å². The van der Waals surface area contributed by atoms with E-state index < -0.39 is 0 Å². The molecule has 4 heteroatoms. The highest BCUT2D eigenvalue weighted by Gasteiger charge is 2.23. The fourth-order valence-electron chi connectivity index (χ4n) is 1.55. The third kappa shape index (κ3) is 1.68. The van der Waals surface area contributed by atoms with Gasteiger partial charge in [0.15, 0.2) is 0 Å². The van der Waals surface area contributed by atoms with Gasteiger partial charge in [-0.15, -0.1) is 0 Å². The Bertz CT molecular complexity index is 378. The number of hydrogen-bond donors (Lipinski definition) is 1. The van der Waals surface area contributed by atoms with E-state index >= 15 is 0 Å². The summed E-state index contributed by atoms with van der Waals surface area (Å²) in [7, 11) is 0. The fourth-order valence-corrected chi connectivity index (χ4v) is 1.74. The summed E-state index contributed by atoms with van der Waals surface area (Å²) in [5.41, 5.74) is 6.16. The van der Waals surface area contributed by atoms with Gasteiger partial charge in [0.1, 0.15) is 12.4 Å². The van der Waals surface area contributed by atoms with Gasteiger partial charge in [-0.1, -0.05) is 11.6 Å². The molecule has 0 spiro atoms. The van der Waals surface area contributed by atoms with Crippen LogP contribution < -0.4 is 10.5 Å². The van der Waals surface area contributed by atoms with Gasteiger partial charge in [-0.05, 0) is 30.2 Å². The molecular weight excluding hydrogens is 202 g/mol. The van der Waals surface area contributed by atoms with Crippen LogP contribution in [0.2, 0.25) is 5.02 Å². The smallest absolute Gasteiger partial charge is 0.224 e. The summed E-state index contributed by atoms with van der Waals surface area (Å²) in [6, 6.07) is 5.39. The molecular formula is C10H10ClNO2. The fraction of sp³-hybridized carbons (Fsp3) is 0.300. The van der Waals surface area contributed by atoms with E-state index in [0.29, 0.717) is 18.1 Å². The number of hydrogen-bond acceptors (Lipinski definition) is 2. The topological polar surface area (TPSA) is 52.3 Å². The minimum Gasteiger partial charge on any atom is -0.492 e. The van der Waals surface area contributed by atoms with Crippen molar-refractivity contribution in [3.05, 3.63) is 28.8 Å². The van der Waals surface area contributed by atoms with E-state index in [1.807, 2.05) is 12.1 Å². The molecule has 3 nitrogen and oxygen atoms in total. The van der Waals surface area contributed by atoms with Crippen molar-refractivity contribution >= 4 is 17.5 Å². The summed E-state index contributed by atoms with van der Waals surface area (Å²) in [6.07, 6.45) is 0.616. The Morgan fingerprint density at radius 3 is 3.07 bits per heavy atom. The highest BCUT2D eigenvalue weighted by molar-refractivity contribution is 6.30. The molecule has 1 aromatic rings. The first kappa shape index (κ1) is 9.34. The van der Waals surface area contributed by atoms with E-state index in [-0.39, 0.29) is 11.8 Å². The summed E-state index contributed by atoms with van der Waals surface area (Å²) in [6.45, 7) is 0.365. The minimum absolute atomic E-state index is 0.235. The van der Waals surface area contributed by atoms with Crippen molar-refractivity contribution in [3.63, 3.8) is 0 Å². The summed E-state index contributed by atoms with van der Waals surface area (Å²) in [5.74, 6) is 0.239. The minimum atomic E-state index is -0.323. The van der Waals surface area contributed by atoms with Gasteiger partial charge in [0.2, 0.25) is 5.91 Å². The van der Waals surface area contributed by atoms with Gasteiger partial charge in [-0.2, -0.15) is 0 Å². The molecule has 2 N–H and O–H groups in total. The predicted octanol–water partition coefficient (Wildman–Crippen LogP) is 1.38. The number of carbonyl (C=O) groups is 1.